The molecule has 7 N–H and O–H groups in total. The minimum Gasteiger partial charge on any atom is -0.460 e. The summed E-state index contributed by atoms with van der Waals surface area (Å²) in [6.07, 6.45) is 3.56. The number of imide groups is 1. The van der Waals surface area contributed by atoms with Gasteiger partial charge >= 0.3 is 12.0 Å². The lowest BCUT2D eigenvalue weighted by atomic mass is 10.0. The summed E-state index contributed by atoms with van der Waals surface area (Å²) >= 11 is 0. The molecule has 0 unspecified atom stereocenters. The van der Waals surface area contributed by atoms with Crippen LogP contribution in [0.3, 0.4) is 0 Å². The van der Waals surface area contributed by atoms with Gasteiger partial charge in [-0.1, -0.05) is 26.0 Å². The van der Waals surface area contributed by atoms with E-state index >= 15 is 0 Å². The van der Waals surface area contributed by atoms with E-state index in [-0.39, 0.29) is 64.7 Å². The van der Waals surface area contributed by atoms with Gasteiger partial charge in [-0.2, -0.15) is 8.42 Å². The Morgan fingerprint density at radius 3 is 2.19 bits per heavy atom. The molecule has 57 heavy (non-hydrogen) atoms. The standard InChI is InChI=1S/C36H51N7O13S/c1-23(2)31(41-27(44)12-16-42(17-18-55-19-20-57(52,53)54)30(47)21-43-28(45)10-11-29(43)46)33(49)40-26(5-4-15-38-35(37)51)32(48)39-25-8-6-24(7-9-25)22-56-34(50)36(3)13-14-36/h6-11,23,26,31H,4-5,12-22H2,1-3H3,(H,39,48)(H,40,49)(H,41,44)(H3,37,38,51)(H,52,53,54)/t26-,31-/m0/s1. The second kappa shape index (κ2) is 21.2. The van der Waals surface area contributed by atoms with Gasteiger partial charge in [0.1, 0.15) is 25.2 Å². The summed E-state index contributed by atoms with van der Waals surface area (Å²) in [5, 5.41) is 10.5. The Morgan fingerprint density at radius 1 is 0.965 bits per heavy atom. The van der Waals surface area contributed by atoms with Gasteiger partial charge in [-0.25, -0.2) is 4.79 Å². The molecule has 8 amide bonds. The summed E-state index contributed by atoms with van der Waals surface area (Å²) in [4.78, 5) is 103. The highest BCUT2D eigenvalue weighted by Gasteiger charge is 2.46. The Hall–Kier alpha value is -5.41. The molecule has 0 radical (unpaired) electrons. The first-order chi connectivity index (χ1) is 26.8. The number of esters is 1. The van der Waals surface area contributed by atoms with E-state index in [4.69, 9.17) is 19.8 Å². The first kappa shape index (κ1) is 46.0. The molecule has 1 aromatic rings. The van der Waals surface area contributed by atoms with E-state index in [9.17, 15) is 46.8 Å². The van der Waals surface area contributed by atoms with Crippen LogP contribution in [0.5, 0.6) is 0 Å². The van der Waals surface area contributed by atoms with E-state index in [2.05, 4.69) is 21.3 Å². The zero-order valence-electron chi connectivity index (χ0n) is 32.1. The van der Waals surface area contributed by atoms with Crippen LogP contribution in [-0.4, -0.2) is 127 Å². The van der Waals surface area contributed by atoms with Crippen LogP contribution in [-0.2, 0) is 59.8 Å². The molecule has 2 atom stereocenters. The third-order valence-electron chi connectivity index (χ3n) is 9.10. The van der Waals surface area contributed by atoms with Crippen molar-refractivity contribution in [1.82, 2.24) is 25.8 Å². The maximum atomic E-state index is 13.6. The van der Waals surface area contributed by atoms with Gasteiger partial charge in [0.2, 0.25) is 23.6 Å². The van der Waals surface area contributed by atoms with E-state index in [1.54, 1.807) is 38.1 Å². The Morgan fingerprint density at radius 2 is 1.61 bits per heavy atom. The van der Waals surface area contributed by atoms with Gasteiger partial charge in [-0.15, -0.1) is 0 Å². The highest BCUT2D eigenvalue weighted by Crippen LogP contribution is 2.46. The van der Waals surface area contributed by atoms with E-state index < -0.39 is 87.3 Å². The van der Waals surface area contributed by atoms with Crippen LogP contribution in [0.25, 0.3) is 0 Å². The van der Waals surface area contributed by atoms with Crippen molar-refractivity contribution >= 4 is 63.2 Å². The van der Waals surface area contributed by atoms with Crippen molar-refractivity contribution in [2.24, 2.45) is 17.1 Å². The molecule has 1 aliphatic heterocycles. The van der Waals surface area contributed by atoms with E-state index in [1.165, 1.54) is 0 Å². The fourth-order valence-corrected chi connectivity index (χ4v) is 5.65. The second-order valence-corrected chi connectivity index (χ2v) is 15.8. The van der Waals surface area contributed by atoms with Gasteiger partial charge in [0, 0.05) is 43.9 Å². The number of carbonyl (C=O) groups excluding carboxylic acids is 8. The van der Waals surface area contributed by atoms with Gasteiger partial charge in [0.05, 0.1) is 24.4 Å². The predicted octanol–water partition coefficient (Wildman–Crippen LogP) is -0.409. The molecule has 0 saturated heterocycles. The number of hydrogen-bond acceptors (Lipinski definition) is 12. The number of carbonyl (C=O) groups is 8. The number of benzene rings is 1. The maximum absolute atomic E-state index is 13.6. The summed E-state index contributed by atoms with van der Waals surface area (Å²) in [6.45, 7) is 3.70. The third-order valence-corrected chi connectivity index (χ3v) is 9.78. The van der Waals surface area contributed by atoms with Crippen molar-refractivity contribution in [2.75, 3.05) is 50.5 Å². The number of hydrogen-bond donors (Lipinski definition) is 6. The molecule has 0 aromatic heterocycles. The number of anilines is 1. The lowest BCUT2D eigenvalue weighted by Crippen LogP contribution is -2.55. The molecule has 3 rings (SSSR count). The lowest BCUT2D eigenvalue weighted by Gasteiger charge is -2.27. The van der Waals surface area contributed by atoms with Crippen LogP contribution in [0.15, 0.2) is 36.4 Å². The van der Waals surface area contributed by atoms with E-state index in [0.29, 0.717) is 16.2 Å². The summed E-state index contributed by atoms with van der Waals surface area (Å²) in [7, 11) is -4.29. The average Bonchev–Trinajstić information content (AvgIpc) is 3.82. The Labute approximate surface area is 330 Å². The quantitative estimate of drug-likeness (QED) is 0.0335. The summed E-state index contributed by atoms with van der Waals surface area (Å²) in [5.74, 6) is -5.49. The van der Waals surface area contributed by atoms with Crippen molar-refractivity contribution < 1.29 is 60.8 Å². The Bertz CT molecular complexity index is 1780. The second-order valence-electron chi connectivity index (χ2n) is 14.2. The zero-order valence-corrected chi connectivity index (χ0v) is 32.9. The fraction of sp³-hybridized carbons (Fsp3) is 0.556. The molecule has 0 spiro atoms. The topological polar surface area (TPSA) is 290 Å². The van der Waals surface area contributed by atoms with Crippen molar-refractivity contribution in [2.45, 2.75) is 71.6 Å². The molecule has 21 heteroatoms. The maximum Gasteiger partial charge on any atom is 0.312 e. The van der Waals surface area contributed by atoms with Crippen LogP contribution < -0.4 is 27.0 Å². The first-order valence-electron chi connectivity index (χ1n) is 18.3. The number of primary amides is 1. The molecular weight excluding hydrogens is 770 g/mol. The minimum absolute atomic E-state index is 0.0667. The number of nitrogens with zero attached hydrogens (tertiary/aromatic N) is 2. The van der Waals surface area contributed by atoms with E-state index in [0.717, 1.165) is 29.9 Å². The fourth-order valence-electron chi connectivity index (χ4n) is 5.32. The van der Waals surface area contributed by atoms with Crippen molar-refractivity contribution in [3.63, 3.8) is 0 Å². The number of nitrogens with two attached hydrogens (primary N) is 1. The van der Waals surface area contributed by atoms with E-state index in [1.807, 2.05) is 6.92 Å². The number of ether oxygens (including phenoxy) is 2. The highest BCUT2D eigenvalue weighted by molar-refractivity contribution is 7.85. The zero-order chi connectivity index (χ0) is 42.3. The molecule has 2 aliphatic rings. The number of amides is 8. The molecule has 1 heterocycles. The third kappa shape index (κ3) is 15.9. The molecule has 1 saturated carbocycles. The number of nitrogens with one attached hydrogen (secondary N) is 4. The molecule has 1 aromatic carbocycles. The summed E-state index contributed by atoms with van der Waals surface area (Å²) in [6, 6.07) is 3.56. The lowest BCUT2D eigenvalue weighted by molar-refractivity contribution is -0.151. The van der Waals surface area contributed by atoms with Gasteiger partial charge in [0.25, 0.3) is 21.9 Å². The molecule has 1 fully saturated rings. The van der Waals surface area contributed by atoms with Crippen molar-refractivity contribution in [3.05, 3.63) is 42.0 Å². The number of urea groups is 1. The number of rotatable bonds is 24. The predicted molar refractivity (Wildman–Crippen MR) is 202 cm³/mol. The average molecular weight is 822 g/mol. The van der Waals surface area contributed by atoms with Gasteiger partial charge in [-0.05, 0) is 56.2 Å². The van der Waals surface area contributed by atoms with Crippen molar-refractivity contribution in [3.8, 4) is 0 Å². The van der Waals surface area contributed by atoms with Gasteiger partial charge in [-0.3, -0.25) is 43.0 Å². The molecular formula is C36H51N7O13S. The normalized spacial score (nSPS) is 15.4. The first-order valence-corrected chi connectivity index (χ1v) is 19.9. The summed E-state index contributed by atoms with van der Waals surface area (Å²) in [5.41, 5.74) is 5.82. The minimum atomic E-state index is -4.29. The smallest absolute Gasteiger partial charge is 0.312 e. The van der Waals surface area contributed by atoms with Crippen LogP contribution >= 0.6 is 0 Å². The van der Waals surface area contributed by atoms with Crippen molar-refractivity contribution in [1.29, 1.82) is 0 Å². The van der Waals surface area contributed by atoms with Gasteiger partial charge in [0.15, 0.2) is 0 Å². The Balaban J connectivity index is 1.63. The molecule has 1 aliphatic carbocycles. The summed E-state index contributed by atoms with van der Waals surface area (Å²) < 4.78 is 41.4. The Kier molecular flexibility index (Phi) is 17.1. The molecule has 314 valence electrons. The van der Waals surface area contributed by atoms with Crippen LogP contribution in [0, 0.1) is 11.3 Å². The van der Waals surface area contributed by atoms with Crippen LogP contribution in [0.4, 0.5) is 10.5 Å². The largest absolute Gasteiger partial charge is 0.460 e. The monoisotopic (exact) mass is 821 g/mol. The molecule has 20 nitrogen and oxygen atoms in total. The van der Waals surface area contributed by atoms with Crippen LogP contribution in [0.1, 0.15) is 58.4 Å². The highest BCUT2D eigenvalue weighted by atomic mass is 32.2. The van der Waals surface area contributed by atoms with Gasteiger partial charge < -0.3 is 41.4 Å². The SMILES string of the molecule is CC(C)[C@H](NC(=O)CCN(CCOCCS(=O)(=O)O)C(=O)CN1C(=O)C=CC1=O)C(=O)N[C@@H](CCCNC(N)=O)C(=O)Nc1ccc(COC(=O)C2(C)CC2)cc1. The van der Waals surface area contributed by atoms with Crippen LogP contribution in [0.2, 0.25) is 0 Å². The molecule has 0 bridgehead atoms.